The van der Waals surface area contributed by atoms with E-state index < -0.39 is 6.10 Å². The first-order valence-electron chi connectivity index (χ1n) is 4.45. The molecule has 0 fully saturated rings. The first-order chi connectivity index (χ1) is 6.27. The first kappa shape index (κ1) is 10.2. The molecule has 1 atom stereocenters. The summed E-state index contributed by atoms with van der Waals surface area (Å²) < 4.78 is 6.85. The largest absolute Gasteiger partial charge is 0.390 e. The predicted octanol–water partition coefficient (Wildman–Crippen LogP) is 0.453. The van der Waals surface area contributed by atoms with Gasteiger partial charge in [-0.25, -0.2) is 4.98 Å². The molecule has 4 heteroatoms. The summed E-state index contributed by atoms with van der Waals surface area (Å²) in [4.78, 5) is 4.16. The molecule has 0 saturated heterocycles. The number of methoxy groups -OCH3 is 1. The minimum absolute atomic E-state index is 0.358. The normalized spacial score (nSPS) is 13.2. The molecule has 74 valence electrons. The minimum atomic E-state index is -0.460. The van der Waals surface area contributed by atoms with Gasteiger partial charge < -0.3 is 14.4 Å². The summed E-state index contributed by atoms with van der Waals surface area (Å²) in [7, 11) is 1.58. The predicted molar refractivity (Wildman–Crippen MR) is 49.5 cm³/mol. The number of hydrogen-bond donors (Lipinski definition) is 1. The Morgan fingerprint density at radius 2 is 2.46 bits per heavy atom. The standard InChI is InChI=1S/C9H16N2O2/c1-3-11-5-4-10-9(11)6-8(12)7-13-2/h4-5,8,12H,3,6-7H2,1-2H3. The van der Waals surface area contributed by atoms with Crippen LogP contribution >= 0.6 is 0 Å². The zero-order chi connectivity index (χ0) is 9.68. The van der Waals surface area contributed by atoms with E-state index in [1.807, 2.05) is 17.7 Å². The van der Waals surface area contributed by atoms with Crippen molar-refractivity contribution in [3.63, 3.8) is 0 Å². The SMILES string of the molecule is CCn1ccnc1CC(O)COC. The number of imidazole rings is 1. The van der Waals surface area contributed by atoms with Crippen molar-refractivity contribution in [2.45, 2.75) is 26.0 Å². The van der Waals surface area contributed by atoms with E-state index in [0.29, 0.717) is 13.0 Å². The van der Waals surface area contributed by atoms with E-state index in [-0.39, 0.29) is 0 Å². The van der Waals surface area contributed by atoms with Gasteiger partial charge in [0.2, 0.25) is 0 Å². The molecule has 0 amide bonds. The molecule has 1 rings (SSSR count). The van der Waals surface area contributed by atoms with Gasteiger partial charge in [0.1, 0.15) is 5.82 Å². The van der Waals surface area contributed by atoms with Crippen molar-refractivity contribution in [2.24, 2.45) is 0 Å². The third-order valence-corrected chi connectivity index (χ3v) is 1.92. The van der Waals surface area contributed by atoms with Crippen molar-refractivity contribution in [1.82, 2.24) is 9.55 Å². The zero-order valence-corrected chi connectivity index (χ0v) is 8.10. The molecule has 0 aliphatic carbocycles. The lowest BCUT2D eigenvalue weighted by molar-refractivity contribution is 0.0633. The van der Waals surface area contributed by atoms with Crippen molar-refractivity contribution in [3.05, 3.63) is 18.2 Å². The highest BCUT2D eigenvalue weighted by Gasteiger charge is 2.08. The van der Waals surface area contributed by atoms with Crippen molar-refractivity contribution >= 4 is 0 Å². The summed E-state index contributed by atoms with van der Waals surface area (Å²) in [5.74, 6) is 0.909. The number of aliphatic hydroxyl groups excluding tert-OH is 1. The van der Waals surface area contributed by atoms with Gasteiger partial charge in [-0.15, -0.1) is 0 Å². The van der Waals surface area contributed by atoms with Crippen LogP contribution in [0, 0.1) is 0 Å². The lowest BCUT2D eigenvalue weighted by Gasteiger charge is -2.09. The number of aliphatic hydroxyl groups is 1. The third-order valence-electron chi connectivity index (χ3n) is 1.92. The van der Waals surface area contributed by atoms with Crippen molar-refractivity contribution < 1.29 is 9.84 Å². The Morgan fingerprint density at radius 1 is 1.69 bits per heavy atom. The molecular weight excluding hydrogens is 168 g/mol. The third kappa shape index (κ3) is 2.82. The van der Waals surface area contributed by atoms with E-state index in [9.17, 15) is 5.11 Å². The molecule has 13 heavy (non-hydrogen) atoms. The highest BCUT2D eigenvalue weighted by Crippen LogP contribution is 2.01. The van der Waals surface area contributed by atoms with Crippen molar-refractivity contribution in [2.75, 3.05) is 13.7 Å². The maximum atomic E-state index is 9.46. The highest BCUT2D eigenvalue weighted by molar-refractivity contribution is 4.93. The second-order valence-electron chi connectivity index (χ2n) is 2.94. The smallest absolute Gasteiger partial charge is 0.111 e. The Bertz CT molecular complexity index is 248. The number of ether oxygens (including phenoxy) is 1. The van der Waals surface area contributed by atoms with Crippen LogP contribution in [0.4, 0.5) is 0 Å². The fourth-order valence-corrected chi connectivity index (χ4v) is 1.28. The molecular formula is C9H16N2O2. The second kappa shape index (κ2) is 4.99. The van der Waals surface area contributed by atoms with Crippen LogP contribution in [0.3, 0.4) is 0 Å². The lowest BCUT2D eigenvalue weighted by atomic mass is 10.2. The molecule has 1 aromatic heterocycles. The van der Waals surface area contributed by atoms with Crippen LogP contribution < -0.4 is 0 Å². The van der Waals surface area contributed by atoms with E-state index in [0.717, 1.165) is 12.4 Å². The van der Waals surface area contributed by atoms with Crippen LogP contribution in [0.1, 0.15) is 12.7 Å². The molecule has 0 spiro atoms. The Kier molecular flexibility index (Phi) is 3.92. The maximum Gasteiger partial charge on any atom is 0.111 e. The van der Waals surface area contributed by atoms with Gasteiger partial charge in [-0.05, 0) is 6.92 Å². The summed E-state index contributed by atoms with van der Waals surface area (Å²) in [6, 6.07) is 0. The second-order valence-corrected chi connectivity index (χ2v) is 2.94. The maximum absolute atomic E-state index is 9.46. The monoisotopic (exact) mass is 184 g/mol. The molecule has 0 saturated carbocycles. The van der Waals surface area contributed by atoms with Crippen LogP contribution in [0.15, 0.2) is 12.4 Å². The van der Waals surface area contributed by atoms with Crippen LogP contribution in [0.25, 0.3) is 0 Å². The van der Waals surface area contributed by atoms with E-state index in [1.54, 1.807) is 13.3 Å². The van der Waals surface area contributed by atoms with Gasteiger partial charge in [0, 0.05) is 32.5 Å². The van der Waals surface area contributed by atoms with Gasteiger partial charge in [0.15, 0.2) is 0 Å². The molecule has 0 radical (unpaired) electrons. The molecule has 1 aromatic rings. The van der Waals surface area contributed by atoms with Crippen molar-refractivity contribution in [3.8, 4) is 0 Å². The average Bonchev–Trinajstić information content (AvgIpc) is 2.52. The summed E-state index contributed by atoms with van der Waals surface area (Å²) >= 11 is 0. The molecule has 0 bridgehead atoms. The van der Waals surface area contributed by atoms with E-state index in [2.05, 4.69) is 4.98 Å². The zero-order valence-electron chi connectivity index (χ0n) is 8.10. The van der Waals surface area contributed by atoms with E-state index in [4.69, 9.17) is 4.74 Å². The molecule has 1 N–H and O–H groups in total. The molecule has 1 heterocycles. The van der Waals surface area contributed by atoms with E-state index in [1.165, 1.54) is 0 Å². The van der Waals surface area contributed by atoms with Crippen molar-refractivity contribution in [1.29, 1.82) is 0 Å². The van der Waals surface area contributed by atoms with Gasteiger partial charge in [-0.3, -0.25) is 0 Å². The fourth-order valence-electron chi connectivity index (χ4n) is 1.28. The number of hydrogen-bond acceptors (Lipinski definition) is 3. The molecule has 0 aromatic carbocycles. The summed E-state index contributed by atoms with van der Waals surface area (Å²) in [6.45, 7) is 3.29. The Morgan fingerprint density at radius 3 is 3.08 bits per heavy atom. The Labute approximate surface area is 78.2 Å². The van der Waals surface area contributed by atoms with Gasteiger partial charge in [0.05, 0.1) is 12.7 Å². The van der Waals surface area contributed by atoms with Crippen LogP contribution in [0.5, 0.6) is 0 Å². The minimum Gasteiger partial charge on any atom is -0.390 e. The number of nitrogens with zero attached hydrogens (tertiary/aromatic N) is 2. The lowest BCUT2D eigenvalue weighted by Crippen LogP contribution is -2.19. The Balaban J connectivity index is 2.52. The molecule has 4 nitrogen and oxygen atoms in total. The van der Waals surface area contributed by atoms with E-state index >= 15 is 0 Å². The Hall–Kier alpha value is -0.870. The highest BCUT2D eigenvalue weighted by atomic mass is 16.5. The topological polar surface area (TPSA) is 47.3 Å². The fraction of sp³-hybridized carbons (Fsp3) is 0.667. The van der Waals surface area contributed by atoms with Gasteiger partial charge in [-0.1, -0.05) is 0 Å². The molecule has 0 aliphatic heterocycles. The van der Waals surface area contributed by atoms with Crippen LogP contribution in [-0.2, 0) is 17.7 Å². The average molecular weight is 184 g/mol. The summed E-state index contributed by atoms with van der Waals surface area (Å²) in [5, 5.41) is 9.46. The number of rotatable bonds is 5. The van der Waals surface area contributed by atoms with Gasteiger partial charge in [0.25, 0.3) is 0 Å². The summed E-state index contributed by atoms with van der Waals surface area (Å²) in [6.07, 6.45) is 3.75. The number of aryl methyl sites for hydroxylation is 1. The quantitative estimate of drug-likeness (QED) is 0.723. The molecule has 1 unspecified atom stereocenters. The summed E-state index contributed by atoms with van der Waals surface area (Å²) in [5.41, 5.74) is 0. The van der Waals surface area contributed by atoms with Gasteiger partial charge >= 0.3 is 0 Å². The van der Waals surface area contributed by atoms with Crippen LogP contribution in [-0.4, -0.2) is 34.5 Å². The first-order valence-corrected chi connectivity index (χ1v) is 4.45. The molecule has 0 aliphatic rings. The van der Waals surface area contributed by atoms with Crippen LogP contribution in [0.2, 0.25) is 0 Å². The number of aromatic nitrogens is 2. The van der Waals surface area contributed by atoms with Gasteiger partial charge in [-0.2, -0.15) is 0 Å².